The molecule has 4 nitrogen and oxygen atoms in total. The van der Waals surface area contributed by atoms with Gasteiger partial charge in [-0.2, -0.15) is 0 Å². The number of aryl methyl sites for hydroxylation is 2. The number of nitrogens with one attached hydrogen (secondary N) is 1. The van der Waals surface area contributed by atoms with Crippen LogP contribution in [0.3, 0.4) is 0 Å². The Kier molecular flexibility index (Phi) is 6.45. The fraction of sp³-hybridized carbons (Fsp3) is 0.381. The van der Waals surface area contributed by atoms with Crippen LogP contribution in [0.1, 0.15) is 43.0 Å². The Morgan fingerprint density at radius 2 is 1.68 bits per heavy atom. The van der Waals surface area contributed by atoms with Crippen molar-refractivity contribution in [2.75, 3.05) is 7.11 Å². The summed E-state index contributed by atoms with van der Waals surface area (Å²) >= 11 is 0. The first-order valence-corrected chi connectivity index (χ1v) is 8.62. The van der Waals surface area contributed by atoms with Crippen molar-refractivity contribution >= 4 is 5.91 Å². The molecule has 0 heterocycles. The molecule has 134 valence electrons. The minimum atomic E-state index is -0.575. The third-order valence-electron chi connectivity index (χ3n) is 4.40. The van der Waals surface area contributed by atoms with E-state index in [4.69, 9.17) is 9.47 Å². The first-order valence-electron chi connectivity index (χ1n) is 8.62. The van der Waals surface area contributed by atoms with Gasteiger partial charge in [0.15, 0.2) is 6.10 Å². The molecule has 2 atom stereocenters. The van der Waals surface area contributed by atoms with Crippen LogP contribution in [-0.2, 0) is 4.79 Å². The highest BCUT2D eigenvalue weighted by atomic mass is 16.5. The van der Waals surface area contributed by atoms with E-state index in [1.807, 2.05) is 12.1 Å². The minimum absolute atomic E-state index is 0.0197. The lowest BCUT2D eigenvalue weighted by Gasteiger charge is -2.21. The SMILES string of the molecule is CC[C@@H](NC(=O)[C@H](C)Oc1ccc(OC)cc1)c1ccc(C)c(C)c1. The van der Waals surface area contributed by atoms with Crippen molar-refractivity contribution in [3.8, 4) is 11.5 Å². The van der Waals surface area contributed by atoms with Crippen molar-refractivity contribution in [3.05, 3.63) is 59.2 Å². The molecular formula is C21H27NO3. The largest absolute Gasteiger partial charge is 0.497 e. The predicted molar refractivity (Wildman–Crippen MR) is 100 cm³/mol. The average molecular weight is 341 g/mol. The van der Waals surface area contributed by atoms with Crippen LogP contribution in [0.4, 0.5) is 0 Å². The Morgan fingerprint density at radius 3 is 2.24 bits per heavy atom. The zero-order valence-electron chi connectivity index (χ0n) is 15.6. The molecule has 0 saturated carbocycles. The fourth-order valence-electron chi connectivity index (χ4n) is 2.60. The summed E-state index contributed by atoms with van der Waals surface area (Å²) in [7, 11) is 1.61. The summed E-state index contributed by atoms with van der Waals surface area (Å²) in [6, 6.07) is 13.5. The van der Waals surface area contributed by atoms with Crippen LogP contribution in [0.2, 0.25) is 0 Å². The number of carbonyl (C=O) groups is 1. The van der Waals surface area contributed by atoms with E-state index >= 15 is 0 Å². The highest BCUT2D eigenvalue weighted by Gasteiger charge is 2.19. The maximum atomic E-state index is 12.5. The van der Waals surface area contributed by atoms with E-state index in [9.17, 15) is 4.79 Å². The number of hydrogen-bond acceptors (Lipinski definition) is 3. The summed E-state index contributed by atoms with van der Waals surface area (Å²) in [5.41, 5.74) is 3.60. The third kappa shape index (κ3) is 4.99. The lowest BCUT2D eigenvalue weighted by atomic mass is 9.99. The van der Waals surface area contributed by atoms with E-state index in [1.165, 1.54) is 11.1 Å². The van der Waals surface area contributed by atoms with Crippen LogP contribution in [0.5, 0.6) is 11.5 Å². The smallest absolute Gasteiger partial charge is 0.261 e. The van der Waals surface area contributed by atoms with Crippen molar-refractivity contribution in [3.63, 3.8) is 0 Å². The van der Waals surface area contributed by atoms with E-state index < -0.39 is 6.10 Å². The average Bonchev–Trinajstić information content (AvgIpc) is 2.62. The van der Waals surface area contributed by atoms with Gasteiger partial charge in [-0.15, -0.1) is 0 Å². The number of amides is 1. The van der Waals surface area contributed by atoms with Gasteiger partial charge in [0.25, 0.3) is 5.91 Å². The molecule has 25 heavy (non-hydrogen) atoms. The monoisotopic (exact) mass is 341 g/mol. The summed E-state index contributed by atoms with van der Waals surface area (Å²) in [6.07, 6.45) is 0.248. The molecule has 0 fully saturated rings. The van der Waals surface area contributed by atoms with Gasteiger partial charge in [0, 0.05) is 0 Å². The Morgan fingerprint density at radius 1 is 1.04 bits per heavy atom. The van der Waals surface area contributed by atoms with E-state index in [1.54, 1.807) is 26.2 Å². The molecule has 2 aromatic carbocycles. The fourth-order valence-corrected chi connectivity index (χ4v) is 2.60. The topological polar surface area (TPSA) is 47.6 Å². The van der Waals surface area contributed by atoms with Crippen LogP contribution in [0.25, 0.3) is 0 Å². The van der Waals surface area contributed by atoms with Gasteiger partial charge in [0.1, 0.15) is 11.5 Å². The molecule has 0 aliphatic heterocycles. The van der Waals surface area contributed by atoms with Crippen LogP contribution in [0, 0.1) is 13.8 Å². The van der Waals surface area contributed by atoms with Crippen LogP contribution >= 0.6 is 0 Å². The molecule has 0 aliphatic rings. The molecule has 0 aliphatic carbocycles. The number of benzene rings is 2. The number of hydrogen-bond donors (Lipinski definition) is 1. The second-order valence-electron chi connectivity index (χ2n) is 6.25. The van der Waals surface area contributed by atoms with Crippen molar-refractivity contribution in [1.82, 2.24) is 5.32 Å². The lowest BCUT2D eigenvalue weighted by Crippen LogP contribution is -2.38. The van der Waals surface area contributed by atoms with Crippen molar-refractivity contribution in [1.29, 1.82) is 0 Å². The van der Waals surface area contributed by atoms with E-state index in [2.05, 4.69) is 44.3 Å². The molecular weight excluding hydrogens is 314 g/mol. The standard InChI is InChI=1S/C21H27NO3/c1-6-20(17-8-7-14(2)15(3)13-17)22-21(23)16(4)25-19-11-9-18(24-5)10-12-19/h7-13,16,20H,6H2,1-5H3,(H,22,23)/t16-,20+/m0/s1. The molecule has 1 amide bonds. The van der Waals surface area contributed by atoms with Gasteiger partial charge in [0.2, 0.25) is 0 Å². The summed E-state index contributed by atoms with van der Waals surface area (Å²) in [5, 5.41) is 3.08. The number of rotatable bonds is 7. The molecule has 2 aromatic rings. The van der Waals surface area contributed by atoms with E-state index in [0.717, 1.165) is 17.7 Å². The zero-order valence-corrected chi connectivity index (χ0v) is 15.6. The molecule has 2 rings (SSSR count). The normalized spacial score (nSPS) is 13.0. The highest BCUT2D eigenvalue weighted by molar-refractivity contribution is 5.81. The van der Waals surface area contributed by atoms with Crippen molar-refractivity contribution < 1.29 is 14.3 Å². The second-order valence-corrected chi connectivity index (χ2v) is 6.25. The molecule has 1 N–H and O–H groups in total. The molecule has 0 unspecified atom stereocenters. The molecule has 0 spiro atoms. The van der Waals surface area contributed by atoms with Gasteiger partial charge in [-0.1, -0.05) is 25.1 Å². The minimum Gasteiger partial charge on any atom is -0.497 e. The Balaban J connectivity index is 2.01. The first kappa shape index (κ1) is 18.8. The quantitative estimate of drug-likeness (QED) is 0.814. The first-order chi connectivity index (χ1) is 11.9. The molecule has 4 heteroatoms. The lowest BCUT2D eigenvalue weighted by molar-refractivity contribution is -0.128. The Labute approximate surface area is 150 Å². The van der Waals surface area contributed by atoms with Crippen molar-refractivity contribution in [2.24, 2.45) is 0 Å². The maximum absolute atomic E-state index is 12.5. The van der Waals surface area contributed by atoms with Gasteiger partial charge >= 0.3 is 0 Å². The number of methoxy groups -OCH3 is 1. The van der Waals surface area contributed by atoms with Gasteiger partial charge in [-0.05, 0) is 68.1 Å². The predicted octanol–water partition coefficient (Wildman–Crippen LogP) is 4.35. The summed E-state index contributed by atoms with van der Waals surface area (Å²) in [6.45, 7) is 7.99. The van der Waals surface area contributed by atoms with Gasteiger partial charge < -0.3 is 14.8 Å². The van der Waals surface area contributed by atoms with Crippen LogP contribution < -0.4 is 14.8 Å². The number of ether oxygens (including phenoxy) is 2. The van der Waals surface area contributed by atoms with Crippen LogP contribution in [0.15, 0.2) is 42.5 Å². The second kappa shape index (κ2) is 8.56. The van der Waals surface area contributed by atoms with E-state index in [-0.39, 0.29) is 11.9 Å². The van der Waals surface area contributed by atoms with Crippen LogP contribution in [-0.4, -0.2) is 19.1 Å². The molecule has 0 radical (unpaired) electrons. The Hall–Kier alpha value is -2.49. The van der Waals surface area contributed by atoms with Gasteiger partial charge in [0.05, 0.1) is 13.2 Å². The molecule has 0 aromatic heterocycles. The van der Waals surface area contributed by atoms with Gasteiger partial charge in [-0.25, -0.2) is 0 Å². The Bertz CT molecular complexity index is 710. The summed E-state index contributed by atoms with van der Waals surface area (Å²) in [4.78, 5) is 12.5. The van der Waals surface area contributed by atoms with E-state index in [0.29, 0.717) is 5.75 Å². The molecule has 0 saturated heterocycles. The molecule has 0 bridgehead atoms. The highest BCUT2D eigenvalue weighted by Crippen LogP contribution is 2.21. The summed E-state index contributed by atoms with van der Waals surface area (Å²) < 4.78 is 10.9. The van der Waals surface area contributed by atoms with Crippen molar-refractivity contribution in [2.45, 2.75) is 46.3 Å². The maximum Gasteiger partial charge on any atom is 0.261 e. The summed E-state index contributed by atoms with van der Waals surface area (Å²) in [5.74, 6) is 1.27. The van der Waals surface area contributed by atoms with Gasteiger partial charge in [-0.3, -0.25) is 4.79 Å². The zero-order chi connectivity index (χ0) is 18.4. The third-order valence-corrected chi connectivity index (χ3v) is 4.40. The number of carbonyl (C=O) groups excluding carboxylic acids is 1.